The Morgan fingerprint density at radius 3 is 0.884 bits per heavy atom. The van der Waals surface area contributed by atoms with E-state index in [4.69, 9.17) is 4.74 Å². The van der Waals surface area contributed by atoms with E-state index in [0.717, 1.165) is 44.9 Å². The molecule has 6 nitrogen and oxygen atoms in total. The molecule has 0 aliphatic heterocycles. The summed E-state index contributed by atoms with van der Waals surface area (Å²) in [5.74, 6) is -0.00506. The van der Waals surface area contributed by atoms with Crippen LogP contribution in [-0.4, -0.2) is 47.4 Å². The summed E-state index contributed by atoms with van der Waals surface area (Å²) in [6.07, 6.45) is 97.1. The van der Waals surface area contributed by atoms with Gasteiger partial charge in [0.15, 0.2) is 0 Å². The Morgan fingerprint density at radius 2 is 0.581 bits per heavy atom. The Labute approximate surface area is 539 Å². The summed E-state index contributed by atoms with van der Waals surface area (Å²) < 4.78 is 5.52. The summed E-state index contributed by atoms with van der Waals surface area (Å²) in [6.45, 7) is 5.00. The van der Waals surface area contributed by atoms with Crippen LogP contribution in [0.3, 0.4) is 0 Å². The maximum absolute atomic E-state index is 12.5. The van der Waals surface area contributed by atoms with Crippen LogP contribution in [-0.2, 0) is 14.3 Å². The van der Waals surface area contributed by atoms with Crippen LogP contribution in [0.5, 0.6) is 0 Å². The third kappa shape index (κ3) is 71.4. The predicted molar refractivity (Wildman–Crippen MR) is 380 cm³/mol. The quantitative estimate of drug-likeness (QED) is 0.0320. The van der Waals surface area contributed by atoms with Crippen LogP contribution < -0.4 is 5.32 Å². The number of amides is 1. The highest BCUT2D eigenvalue weighted by molar-refractivity contribution is 5.76. The summed E-state index contributed by atoms with van der Waals surface area (Å²) >= 11 is 0. The lowest BCUT2D eigenvalue weighted by Crippen LogP contribution is -2.45. The number of esters is 1. The molecule has 0 spiro atoms. The molecule has 0 aromatic heterocycles. The van der Waals surface area contributed by atoms with Crippen LogP contribution in [0, 0.1) is 0 Å². The molecule has 0 aliphatic rings. The van der Waals surface area contributed by atoms with Gasteiger partial charge in [-0.25, -0.2) is 0 Å². The number of hydrogen-bond donors (Lipinski definition) is 3. The van der Waals surface area contributed by atoms with Crippen molar-refractivity contribution in [2.24, 2.45) is 0 Å². The fraction of sp³-hybridized carbons (Fsp3) is 0.925. The molecule has 0 saturated carbocycles. The van der Waals surface area contributed by atoms with Crippen molar-refractivity contribution in [2.75, 3.05) is 13.2 Å². The van der Waals surface area contributed by atoms with Crippen molar-refractivity contribution in [3.63, 3.8) is 0 Å². The van der Waals surface area contributed by atoms with Crippen LogP contribution in [0.2, 0.25) is 0 Å². The topological polar surface area (TPSA) is 95.9 Å². The largest absolute Gasteiger partial charge is 0.466 e. The van der Waals surface area contributed by atoms with Crippen LogP contribution in [0.1, 0.15) is 450 Å². The van der Waals surface area contributed by atoms with Gasteiger partial charge in [-0.1, -0.05) is 404 Å². The molecule has 0 bridgehead atoms. The first-order chi connectivity index (χ1) is 42.5. The van der Waals surface area contributed by atoms with E-state index in [-0.39, 0.29) is 18.5 Å². The van der Waals surface area contributed by atoms with Gasteiger partial charge in [0.05, 0.1) is 25.4 Å². The molecule has 0 saturated heterocycles. The number of rotatable bonds is 75. The highest BCUT2D eigenvalue weighted by Crippen LogP contribution is 2.20. The van der Waals surface area contributed by atoms with Crippen LogP contribution in [0.25, 0.3) is 0 Å². The smallest absolute Gasteiger partial charge is 0.305 e. The zero-order valence-corrected chi connectivity index (χ0v) is 58.6. The van der Waals surface area contributed by atoms with Gasteiger partial charge in [-0.2, -0.15) is 0 Å². The Hall–Kier alpha value is -1.66. The van der Waals surface area contributed by atoms with E-state index in [0.29, 0.717) is 25.9 Å². The normalized spacial score (nSPS) is 12.6. The van der Waals surface area contributed by atoms with Crippen molar-refractivity contribution in [1.29, 1.82) is 0 Å². The summed E-state index contributed by atoms with van der Waals surface area (Å²) in [7, 11) is 0. The standard InChI is InChI=1S/C80H155NO5/c1-3-5-7-9-11-13-15-17-19-20-43-46-50-54-58-62-66-70-74-80(85)86-75-71-67-63-59-55-51-47-44-41-39-37-35-33-31-29-27-25-23-21-22-24-26-28-30-32-34-36-38-40-42-45-49-53-57-61-65-69-73-79(84)81-77(76-82)78(83)72-68-64-60-56-52-48-18-16-14-12-10-8-6-4-2/h21,23,27,29,77-78,82-83H,3-20,22,24-26,28,30-76H2,1-2H3,(H,81,84)/b23-21-,29-27-. The molecule has 0 fully saturated rings. The van der Waals surface area contributed by atoms with Gasteiger partial charge in [-0.3, -0.25) is 9.59 Å². The van der Waals surface area contributed by atoms with E-state index < -0.39 is 12.1 Å². The van der Waals surface area contributed by atoms with Crippen molar-refractivity contribution in [2.45, 2.75) is 463 Å². The molecule has 0 aliphatic carbocycles. The van der Waals surface area contributed by atoms with Gasteiger partial charge in [0.1, 0.15) is 0 Å². The molecule has 86 heavy (non-hydrogen) atoms. The van der Waals surface area contributed by atoms with Gasteiger partial charge in [0.25, 0.3) is 0 Å². The number of aliphatic hydroxyl groups excluding tert-OH is 2. The molecule has 3 N–H and O–H groups in total. The van der Waals surface area contributed by atoms with Crippen molar-refractivity contribution in [3.05, 3.63) is 24.3 Å². The molecule has 0 aromatic rings. The van der Waals surface area contributed by atoms with E-state index in [1.807, 2.05) is 0 Å². The first-order valence-electron chi connectivity index (χ1n) is 39.6. The maximum atomic E-state index is 12.5. The molecule has 6 heteroatoms. The molecule has 510 valence electrons. The lowest BCUT2D eigenvalue weighted by atomic mass is 10.0. The summed E-state index contributed by atoms with van der Waals surface area (Å²) in [6, 6.07) is -0.539. The first-order valence-corrected chi connectivity index (χ1v) is 39.6. The minimum atomic E-state index is -0.662. The zero-order chi connectivity index (χ0) is 62.0. The van der Waals surface area contributed by atoms with Gasteiger partial charge in [-0.15, -0.1) is 0 Å². The van der Waals surface area contributed by atoms with Gasteiger partial charge < -0.3 is 20.3 Å². The van der Waals surface area contributed by atoms with Crippen molar-refractivity contribution in [1.82, 2.24) is 5.32 Å². The van der Waals surface area contributed by atoms with E-state index in [9.17, 15) is 19.8 Å². The Kier molecular flexibility index (Phi) is 74.3. The van der Waals surface area contributed by atoms with Gasteiger partial charge in [-0.05, 0) is 57.8 Å². The first kappa shape index (κ1) is 84.3. The summed E-state index contributed by atoms with van der Waals surface area (Å²) in [4.78, 5) is 24.6. The van der Waals surface area contributed by atoms with Crippen molar-refractivity contribution in [3.8, 4) is 0 Å². The highest BCUT2D eigenvalue weighted by atomic mass is 16.5. The molecule has 0 rings (SSSR count). The number of nitrogens with one attached hydrogen (secondary N) is 1. The minimum absolute atomic E-state index is 0.0241. The zero-order valence-electron chi connectivity index (χ0n) is 58.6. The lowest BCUT2D eigenvalue weighted by molar-refractivity contribution is -0.143. The molecular weight excluding hydrogens is 1050 g/mol. The van der Waals surface area contributed by atoms with Gasteiger partial charge in [0.2, 0.25) is 5.91 Å². The van der Waals surface area contributed by atoms with Crippen LogP contribution in [0.4, 0.5) is 0 Å². The average Bonchev–Trinajstić information content (AvgIpc) is 3.51. The number of aliphatic hydroxyl groups is 2. The number of carbonyl (C=O) groups is 2. The van der Waals surface area contributed by atoms with Crippen molar-refractivity contribution < 1.29 is 24.5 Å². The Bertz CT molecular complexity index is 1350. The Balaban J connectivity index is 3.33. The summed E-state index contributed by atoms with van der Waals surface area (Å²) in [5.41, 5.74) is 0. The molecule has 1 amide bonds. The SMILES string of the molecule is CCCCCCCCCCCCCCCCCCCCC(=O)OCCCCCCCCCCCCCCC/C=C\C/C=C\CCCCCCCCCCCCCCCCCCCC(=O)NC(CO)C(O)CCCCCCCCCCCCCCCC. The summed E-state index contributed by atoms with van der Waals surface area (Å²) in [5, 5.41) is 23.3. The van der Waals surface area contributed by atoms with E-state index >= 15 is 0 Å². The number of carbonyl (C=O) groups excluding carboxylic acids is 2. The van der Waals surface area contributed by atoms with E-state index in [1.165, 1.54) is 372 Å². The lowest BCUT2D eigenvalue weighted by Gasteiger charge is -2.22. The number of allylic oxidation sites excluding steroid dienone is 4. The molecule has 0 aromatic carbocycles. The maximum Gasteiger partial charge on any atom is 0.305 e. The van der Waals surface area contributed by atoms with E-state index in [2.05, 4.69) is 43.5 Å². The minimum Gasteiger partial charge on any atom is -0.466 e. The van der Waals surface area contributed by atoms with E-state index in [1.54, 1.807) is 0 Å². The molecule has 2 unspecified atom stereocenters. The Morgan fingerprint density at radius 1 is 0.326 bits per heavy atom. The second-order valence-corrected chi connectivity index (χ2v) is 27.4. The fourth-order valence-electron chi connectivity index (χ4n) is 12.7. The second-order valence-electron chi connectivity index (χ2n) is 27.4. The molecular formula is C80H155NO5. The number of ether oxygens (including phenoxy) is 1. The van der Waals surface area contributed by atoms with Gasteiger partial charge >= 0.3 is 5.97 Å². The van der Waals surface area contributed by atoms with Gasteiger partial charge in [0, 0.05) is 12.8 Å². The fourth-order valence-corrected chi connectivity index (χ4v) is 12.7. The number of unbranched alkanes of at least 4 members (excludes halogenated alkanes) is 60. The monoisotopic (exact) mass is 1210 g/mol. The van der Waals surface area contributed by atoms with Crippen LogP contribution >= 0.6 is 0 Å². The van der Waals surface area contributed by atoms with Crippen LogP contribution in [0.15, 0.2) is 24.3 Å². The predicted octanol–water partition coefficient (Wildman–Crippen LogP) is 26.0. The molecule has 0 radical (unpaired) electrons. The third-order valence-electron chi connectivity index (χ3n) is 18.8. The average molecular weight is 1210 g/mol. The third-order valence-corrected chi connectivity index (χ3v) is 18.8. The van der Waals surface area contributed by atoms with Crippen molar-refractivity contribution >= 4 is 11.9 Å². The molecule has 2 atom stereocenters. The number of hydrogen-bond acceptors (Lipinski definition) is 5. The second kappa shape index (κ2) is 75.8. The molecule has 0 heterocycles. The highest BCUT2D eigenvalue weighted by Gasteiger charge is 2.20.